The molecule has 0 fully saturated rings. The number of aliphatic hydroxyl groups is 1. The Kier molecular flexibility index (Phi) is 5.08. The van der Waals surface area contributed by atoms with E-state index in [4.69, 9.17) is 5.73 Å². The van der Waals surface area contributed by atoms with Gasteiger partial charge in [0.1, 0.15) is 0 Å². The quantitative estimate of drug-likeness (QED) is 0.686. The molecular formula is C12H18BrF3N2O. The van der Waals surface area contributed by atoms with E-state index >= 15 is 0 Å². The molecule has 0 radical (unpaired) electrons. The van der Waals surface area contributed by atoms with Gasteiger partial charge in [0.25, 0.3) is 0 Å². The van der Waals surface area contributed by atoms with Gasteiger partial charge in [0.2, 0.25) is 0 Å². The van der Waals surface area contributed by atoms with Crippen molar-refractivity contribution in [3.05, 3.63) is 23.4 Å². The predicted molar refractivity (Wildman–Crippen MR) is 71.8 cm³/mol. The average molecular weight is 343 g/mol. The van der Waals surface area contributed by atoms with Crippen LogP contribution in [0.2, 0.25) is 0 Å². The Morgan fingerprint density at radius 2 is 2.05 bits per heavy atom. The molecule has 4 N–H and O–H groups in total. The molecular weight excluding hydrogens is 325 g/mol. The fourth-order valence-electron chi connectivity index (χ4n) is 1.74. The number of halogens is 4. The topological polar surface area (TPSA) is 58.3 Å². The normalized spacial score (nSPS) is 26.1. The van der Waals surface area contributed by atoms with Gasteiger partial charge in [0.15, 0.2) is 4.32 Å². The Bertz CT molecular complexity index is 393. The fourth-order valence-corrected chi connectivity index (χ4v) is 2.20. The lowest BCUT2D eigenvalue weighted by Gasteiger charge is -2.35. The molecule has 2 atom stereocenters. The van der Waals surface area contributed by atoms with Gasteiger partial charge in [-0.2, -0.15) is 13.2 Å². The van der Waals surface area contributed by atoms with Crippen molar-refractivity contribution in [2.45, 2.75) is 42.9 Å². The number of nitrogens with one attached hydrogen (secondary N) is 1. The Balaban J connectivity index is 2.85. The van der Waals surface area contributed by atoms with Crippen molar-refractivity contribution in [2.24, 2.45) is 5.73 Å². The molecule has 7 heteroatoms. The van der Waals surface area contributed by atoms with Gasteiger partial charge in [-0.05, 0) is 11.6 Å². The lowest BCUT2D eigenvalue weighted by molar-refractivity contribution is -0.149. The minimum atomic E-state index is -4.52. The summed E-state index contributed by atoms with van der Waals surface area (Å²) in [5.74, 6) is 0. The standard InChI is InChI=1S/C12H18BrF3N2O/c1-7(2)18-6-9(19)8-3-4-10(17)11(13,5-8)12(14,15)16/h3-4,7,9,18-19H,5-6,17H2,1-2H3. The molecule has 0 saturated heterocycles. The number of rotatable bonds is 4. The first-order valence-corrected chi connectivity index (χ1v) is 6.71. The minimum Gasteiger partial charge on any atom is -0.401 e. The molecule has 0 heterocycles. The van der Waals surface area contributed by atoms with E-state index in [1.54, 1.807) is 0 Å². The van der Waals surface area contributed by atoms with Crippen LogP contribution in [0.3, 0.4) is 0 Å². The number of hydrogen-bond donors (Lipinski definition) is 3. The molecule has 19 heavy (non-hydrogen) atoms. The maximum atomic E-state index is 13.0. The van der Waals surface area contributed by atoms with E-state index in [0.717, 1.165) is 0 Å². The smallest absolute Gasteiger partial charge is 0.401 e. The highest BCUT2D eigenvalue weighted by Gasteiger charge is 2.56. The first-order valence-electron chi connectivity index (χ1n) is 5.91. The van der Waals surface area contributed by atoms with Crippen LogP contribution in [0.15, 0.2) is 23.4 Å². The van der Waals surface area contributed by atoms with E-state index in [9.17, 15) is 18.3 Å². The van der Waals surface area contributed by atoms with Crippen molar-refractivity contribution < 1.29 is 18.3 Å². The molecule has 0 aliphatic heterocycles. The first kappa shape index (κ1) is 16.5. The fraction of sp³-hybridized carbons (Fsp3) is 0.667. The van der Waals surface area contributed by atoms with Gasteiger partial charge in [0, 0.05) is 24.7 Å². The van der Waals surface area contributed by atoms with Crippen LogP contribution in [0.1, 0.15) is 20.3 Å². The van der Waals surface area contributed by atoms with Crippen LogP contribution < -0.4 is 11.1 Å². The summed E-state index contributed by atoms with van der Waals surface area (Å²) in [7, 11) is 0. The molecule has 2 unspecified atom stereocenters. The number of nitrogens with two attached hydrogens (primary N) is 1. The molecule has 0 aromatic heterocycles. The Labute approximate surface area is 118 Å². The van der Waals surface area contributed by atoms with Crippen molar-refractivity contribution in [3.63, 3.8) is 0 Å². The van der Waals surface area contributed by atoms with E-state index in [1.165, 1.54) is 12.2 Å². The predicted octanol–water partition coefficient (Wildman–Crippen LogP) is 2.21. The molecule has 0 amide bonds. The average Bonchev–Trinajstić information content (AvgIpc) is 2.28. The van der Waals surface area contributed by atoms with Gasteiger partial charge in [-0.1, -0.05) is 35.9 Å². The van der Waals surface area contributed by atoms with Gasteiger partial charge in [-0.25, -0.2) is 0 Å². The molecule has 0 aromatic carbocycles. The number of alkyl halides is 4. The number of allylic oxidation sites excluding steroid dienone is 3. The highest BCUT2D eigenvalue weighted by molar-refractivity contribution is 9.10. The second-order valence-corrected chi connectivity index (χ2v) is 6.27. The van der Waals surface area contributed by atoms with Crippen molar-refractivity contribution in [1.82, 2.24) is 5.32 Å². The zero-order chi connectivity index (χ0) is 14.8. The van der Waals surface area contributed by atoms with Crippen LogP contribution in [-0.4, -0.2) is 34.3 Å². The van der Waals surface area contributed by atoms with Crippen LogP contribution in [0.4, 0.5) is 13.2 Å². The Morgan fingerprint density at radius 3 is 2.53 bits per heavy atom. The second-order valence-electron chi connectivity index (χ2n) is 4.92. The molecule has 1 aliphatic rings. The molecule has 1 rings (SSSR count). The van der Waals surface area contributed by atoms with Crippen LogP contribution in [0.25, 0.3) is 0 Å². The lowest BCUT2D eigenvalue weighted by atomic mass is 9.88. The third-order valence-corrected chi connectivity index (χ3v) is 4.17. The molecule has 110 valence electrons. The third kappa shape index (κ3) is 3.73. The maximum Gasteiger partial charge on any atom is 0.409 e. The Hall–Kier alpha value is -0.530. The van der Waals surface area contributed by atoms with Crippen molar-refractivity contribution >= 4 is 15.9 Å². The van der Waals surface area contributed by atoms with Crippen LogP contribution >= 0.6 is 15.9 Å². The van der Waals surface area contributed by atoms with Crippen molar-refractivity contribution in [1.29, 1.82) is 0 Å². The van der Waals surface area contributed by atoms with E-state index in [-0.39, 0.29) is 24.7 Å². The monoisotopic (exact) mass is 342 g/mol. The van der Waals surface area contributed by atoms with Crippen LogP contribution in [0.5, 0.6) is 0 Å². The molecule has 0 spiro atoms. The second kappa shape index (κ2) is 5.85. The first-order chi connectivity index (χ1) is 8.58. The van der Waals surface area contributed by atoms with Gasteiger partial charge < -0.3 is 16.2 Å². The summed E-state index contributed by atoms with van der Waals surface area (Å²) in [6.45, 7) is 3.99. The summed E-state index contributed by atoms with van der Waals surface area (Å²) < 4.78 is 36.8. The summed E-state index contributed by atoms with van der Waals surface area (Å²) in [4.78, 5) is 0. The van der Waals surface area contributed by atoms with Gasteiger partial charge in [0.05, 0.1) is 6.10 Å². The third-order valence-electron chi connectivity index (χ3n) is 2.98. The molecule has 0 aromatic rings. The zero-order valence-corrected chi connectivity index (χ0v) is 12.3. The summed E-state index contributed by atoms with van der Waals surface area (Å²) in [5, 5.41) is 12.9. The highest BCUT2D eigenvalue weighted by atomic mass is 79.9. The van der Waals surface area contributed by atoms with Crippen molar-refractivity contribution in [3.8, 4) is 0 Å². The van der Waals surface area contributed by atoms with Crippen LogP contribution in [0, 0.1) is 0 Å². The van der Waals surface area contributed by atoms with Gasteiger partial charge in [-0.15, -0.1) is 0 Å². The molecule has 0 saturated carbocycles. The number of hydrogen-bond acceptors (Lipinski definition) is 3. The molecule has 1 aliphatic carbocycles. The molecule has 3 nitrogen and oxygen atoms in total. The largest absolute Gasteiger partial charge is 0.409 e. The zero-order valence-electron chi connectivity index (χ0n) is 10.8. The highest BCUT2D eigenvalue weighted by Crippen LogP contribution is 2.48. The summed E-state index contributed by atoms with van der Waals surface area (Å²) in [6, 6.07) is 0.149. The van der Waals surface area contributed by atoms with E-state index in [1.807, 2.05) is 13.8 Å². The molecule has 0 bridgehead atoms. The van der Waals surface area contributed by atoms with Crippen LogP contribution in [-0.2, 0) is 0 Å². The Morgan fingerprint density at radius 1 is 1.47 bits per heavy atom. The number of aliphatic hydroxyl groups excluding tert-OH is 1. The summed E-state index contributed by atoms with van der Waals surface area (Å²) >= 11 is 2.68. The minimum absolute atomic E-state index is 0.149. The van der Waals surface area contributed by atoms with Gasteiger partial charge in [-0.3, -0.25) is 0 Å². The van der Waals surface area contributed by atoms with E-state index < -0.39 is 16.6 Å². The summed E-state index contributed by atoms with van der Waals surface area (Å²) in [5.41, 5.74) is 5.44. The van der Waals surface area contributed by atoms with E-state index in [2.05, 4.69) is 21.2 Å². The maximum absolute atomic E-state index is 13.0. The SMILES string of the molecule is CC(C)NCC(O)C1=CC=C(N)C(Br)(C(F)(F)F)C1. The lowest BCUT2D eigenvalue weighted by Crippen LogP contribution is -2.47. The van der Waals surface area contributed by atoms with Crippen molar-refractivity contribution in [2.75, 3.05) is 6.54 Å². The van der Waals surface area contributed by atoms with E-state index in [0.29, 0.717) is 5.57 Å². The van der Waals surface area contributed by atoms with Gasteiger partial charge >= 0.3 is 6.18 Å². The summed E-state index contributed by atoms with van der Waals surface area (Å²) in [6.07, 6.45) is -3.23.